The standard InChI is InChI=1S/C12H20N2O3/c1-12(13,8-5-6-8)11(17)14-7-3-2-4-9(14)10(15)16/h8-9H,2-7,13H2,1H3,(H,15,16)/t9-,12?/m1/s1. The summed E-state index contributed by atoms with van der Waals surface area (Å²) in [4.78, 5) is 25.0. The predicted molar refractivity (Wildman–Crippen MR) is 62.3 cm³/mol. The molecular weight excluding hydrogens is 220 g/mol. The molecule has 1 amide bonds. The van der Waals surface area contributed by atoms with Gasteiger partial charge in [-0.1, -0.05) is 0 Å². The number of carbonyl (C=O) groups is 2. The number of hydrogen-bond acceptors (Lipinski definition) is 3. The maximum Gasteiger partial charge on any atom is 0.326 e. The van der Waals surface area contributed by atoms with Gasteiger partial charge in [0.05, 0.1) is 5.54 Å². The summed E-state index contributed by atoms with van der Waals surface area (Å²) in [5.41, 5.74) is 5.19. The zero-order chi connectivity index (χ0) is 12.6. The van der Waals surface area contributed by atoms with Gasteiger partial charge in [0, 0.05) is 6.54 Å². The molecule has 2 rings (SSSR count). The summed E-state index contributed by atoms with van der Waals surface area (Å²) in [6, 6.07) is -0.683. The molecule has 0 aromatic carbocycles. The normalized spacial score (nSPS) is 28.6. The SMILES string of the molecule is CC(N)(C(=O)N1CCCC[C@@H]1C(=O)O)C1CC1. The molecule has 0 radical (unpaired) electrons. The van der Waals surface area contributed by atoms with Crippen LogP contribution in [0.25, 0.3) is 0 Å². The second-order valence-corrected chi connectivity index (χ2v) is 5.41. The van der Waals surface area contributed by atoms with Gasteiger partial charge < -0.3 is 15.7 Å². The molecule has 17 heavy (non-hydrogen) atoms. The van der Waals surface area contributed by atoms with Gasteiger partial charge in [-0.05, 0) is 44.9 Å². The van der Waals surface area contributed by atoms with Crippen LogP contribution < -0.4 is 5.73 Å². The average molecular weight is 240 g/mol. The van der Waals surface area contributed by atoms with E-state index in [4.69, 9.17) is 10.8 Å². The first-order valence-corrected chi connectivity index (χ1v) is 6.27. The molecule has 1 saturated carbocycles. The summed E-state index contributed by atoms with van der Waals surface area (Å²) in [6.45, 7) is 2.26. The first kappa shape index (κ1) is 12.4. The highest BCUT2D eigenvalue weighted by atomic mass is 16.4. The summed E-state index contributed by atoms with van der Waals surface area (Å²) in [5.74, 6) is -0.872. The van der Waals surface area contributed by atoms with Gasteiger partial charge in [-0.25, -0.2) is 4.79 Å². The van der Waals surface area contributed by atoms with Gasteiger partial charge in [-0.2, -0.15) is 0 Å². The lowest BCUT2D eigenvalue weighted by molar-refractivity contribution is -0.154. The summed E-state index contributed by atoms with van der Waals surface area (Å²) in [7, 11) is 0. The molecule has 0 aromatic rings. The van der Waals surface area contributed by atoms with Crippen molar-refractivity contribution >= 4 is 11.9 Å². The smallest absolute Gasteiger partial charge is 0.326 e. The summed E-state index contributed by atoms with van der Waals surface area (Å²) < 4.78 is 0. The van der Waals surface area contributed by atoms with E-state index in [1.807, 2.05) is 0 Å². The lowest BCUT2D eigenvalue weighted by Gasteiger charge is -2.38. The summed E-state index contributed by atoms with van der Waals surface area (Å²) in [5, 5.41) is 9.14. The predicted octanol–water partition coefficient (Wildman–Crippen LogP) is 0.579. The second kappa shape index (κ2) is 4.29. The van der Waals surface area contributed by atoms with Gasteiger partial charge in [0.15, 0.2) is 0 Å². The van der Waals surface area contributed by atoms with E-state index in [0.717, 1.165) is 25.7 Å². The zero-order valence-electron chi connectivity index (χ0n) is 10.2. The van der Waals surface area contributed by atoms with Crippen molar-refractivity contribution in [3.8, 4) is 0 Å². The van der Waals surface area contributed by atoms with Crippen LogP contribution in [0.5, 0.6) is 0 Å². The molecule has 5 nitrogen and oxygen atoms in total. The number of hydrogen-bond donors (Lipinski definition) is 2. The number of nitrogens with two attached hydrogens (primary N) is 1. The maximum absolute atomic E-state index is 12.4. The number of rotatable bonds is 3. The van der Waals surface area contributed by atoms with Crippen LogP contribution in [-0.4, -0.2) is 40.0 Å². The topological polar surface area (TPSA) is 83.6 Å². The fourth-order valence-corrected chi connectivity index (χ4v) is 2.60. The quantitative estimate of drug-likeness (QED) is 0.755. The van der Waals surface area contributed by atoms with E-state index in [9.17, 15) is 9.59 Å². The average Bonchev–Trinajstić information content (AvgIpc) is 3.12. The Morgan fingerprint density at radius 3 is 2.47 bits per heavy atom. The molecule has 96 valence electrons. The molecule has 0 spiro atoms. The zero-order valence-corrected chi connectivity index (χ0v) is 10.2. The molecule has 1 unspecified atom stereocenters. The number of carboxylic acids is 1. The van der Waals surface area contributed by atoms with Crippen LogP contribution >= 0.6 is 0 Å². The van der Waals surface area contributed by atoms with Crippen molar-refractivity contribution in [3.05, 3.63) is 0 Å². The van der Waals surface area contributed by atoms with Crippen molar-refractivity contribution < 1.29 is 14.7 Å². The van der Waals surface area contributed by atoms with Crippen LogP contribution in [0.2, 0.25) is 0 Å². The Hall–Kier alpha value is -1.10. The van der Waals surface area contributed by atoms with Gasteiger partial charge in [0.2, 0.25) is 5.91 Å². The maximum atomic E-state index is 12.4. The van der Waals surface area contributed by atoms with Crippen LogP contribution in [0, 0.1) is 5.92 Å². The second-order valence-electron chi connectivity index (χ2n) is 5.41. The molecule has 1 aliphatic carbocycles. The van der Waals surface area contributed by atoms with Crippen molar-refractivity contribution in [2.24, 2.45) is 11.7 Å². The van der Waals surface area contributed by atoms with E-state index in [1.54, 1.807) is 6.92 Å². The highest BCUT2D eigenvalue weighted by Gasteiger charge is 2.48. The number of nitrogens with zero attached hydrogens (tertiary/aromatic N) is 1. The lowest BCUT2D eigenvalue weighted by atomic mass is 9.92. The van der Waals surface area contributed by atoms with Crippen molar-refractivity contribution in [1.82, 2.24) is 4.90 Å². The summed E-state index contributed by atoms with van der Waals surface area (Å²) in [6.07, 6.45) is 4.23. The number of aliphatic carboxylic acids is 1. The van der Waals surface area contributed by atoms with Crippen LogP contribution in [0.4, 0.5) is 0 Å². The van der Waals surface area contributed by atoms with E-state index in [2.05, 4.69) is 0 Å². The first-order valence-electron chi connectivity index (χ1n) is 6.27. The monoisotopic (exact) mass is 240 g/mol. The summed E-state index contributed by atoms with van der Waals surface area (Å²) >= 11 is 0. The number of carboxylic acid groups (broad SMARTS) is 1. The molecule has 3 N–H and O–H groups in total. The third-order valence-electron chi connectivity index (χ3n) is 3.93. The number of amides is 1. The third-order valence-corrected chi connectivity index (χ3v) is 3.93. The van der Waals surface area contributed by atoms with Gasteiger partial charge in [-0.15, -0.1) is 0 Å². The minimum atomic E-state index is -0.912. The fraction of sp³-hybridized carbons (Fsp3) is 0.833. The molecule has 2 aliphatic rings. The van der Waals surface area contributed by atoms with Gasteiger partial charge in [0.1, 0.15) is 6.04 Å². The molecule has 1 heterocycles. The van der Waals surface area contributed by atoms with Gasteiger partial charge in [0.25, 0.3) is 0 Å². The molecule has 5 heteroatoms. The van der Waals surface area contributed by atoms with E-state index >= 15 is 0 Å². The minimum absolute atomic E-state index is 0.188. The Morgan fingerprint density at radius 1 is 1.29 bits per heavy atom. The largest absolute Gasteiger partial charge is 0.480 e. The lowest BCUT2D eigenvalue weighted by Crippen LogP contribution is -2.60. The van der Waals surface area contributed by atoms with Crippen LogP contribution in [0.1, 0.15) is 39.0 Å². The van der Waals surface area contributed by atoms with Crippen LogP contribution in [-0.2, 0) is 9.59 Å². The number of piperidine rings is 1. The molecule has 0 bridgehead atoms. The molecule has 2 atom stereocenters. The van der Waals surface area contributed by atoms with Gasteiger partial charge in [-0.3, -0.25) is 4.79 Å². The Kier molecular flexibility index (Phi) is 3.12. The number of carbonyl (C=O) groups excluding carboxylic acids is 1. The van der Waals surface area contributed by atoms with Crippen molar-refractivity contribution in [3.63, 3.8) is 0 Å². The van der Waals surface area contributed by atoms with E-state index in [1.165, 1.54) is 4.90 Å². The Morgan fingerprint density at radius 2 is 1.94 bits per heavy atom. The van der Waals surface area contributed by atoms with E-state index < -0.39 is 17.6 Å². The molecular formula is C12H20N2O3. The van der Waals surface area contributed by atoms with Crippen LogP contribution in [0.15, 0.2) is 0 Å². The first-order chi connectivity index (χ1) is 7.94. The molecule has 2 fully saturated rings. The minimum Gasteiger partial charge on any atom is -0.480 e. The Balaban J connectivity index is 2.13. The highest BCUT2D eigenvalue weighted by molar-refractivity contribution is 5.90. The van der Waals surface area contributed by atoms with Gasteiger partial charge >= 0.3 is 5.97 Å². The van der Waals surface area contributed by atoms with E-state index in [0.29, 0.717) is 13.0 Å². The third kappa shape index (κ3) is 2.29. The van der Waals surface area contributed by atoms with Crippen molar-refractivity contribution in [1.29, 1.82) is 0 Å². The molecule has 1 aliphatic heterocycles. The molecule has 1 saturated heterocycles. The van der Waals surface area contributed by atoms with Crippen molar-refractivity contribution in [2.45, 2.75) is 50.6 Å². The Bertz CT molecular complexity index is 337. The Labute approximate surface area is 101 Å². The fourth-order valence-electron chi connectivity index (χ4n) is 2.60. The highest BCUT2D eigenvalue weighted by Crippen LogP contribution is 2.39. The van der Waals surface area contributed by atoms with Crippen LogP contribution in [0.3, 0.4) is 0 Å². The van der Waals surface area contributed by atoms with E-state index in [-0.39, 0.29) is 11.8 Å². The number of likely N-dealkylation sites (tertiary alicyclic amines) is 1. The van der Waals surface area contributed by atoms with Crippen molar-refractivity contribution in [2.75, 3.05) is 6.54 Å². The molecule has 0 aromatic heterocycles.